The summed E-state index contributed by atoms with van der Waals surface area (Å²) < 4.78 is 13.2. The molecule has 1 N–H and O–H groups in total. The summed E-state index contributed by atoms with van der Waals surface area (Å²) in [5, 5.41) is 9.29. The average molecular weight is 272 g/mol. The summed E-state index contributed by atoms with van der Waals surface area (Å²) in [5.74, 6) is -1.75. The maximum absolute atomic E-state index is 13.2. The van der Waals surface area contributed by atoms with Crippen LogP contribution < -0.4 is 4.90 Å². The van der Waals surface area contributed by atoms with Gasteiger partial charge in [-0.15, -0.1) is 0 Å². The third kappa shape index (κ3) is 2.22. The molecule has 1 aliphatic rings. The van der Waals surface area contributed by atoms with E-state index in [1.54, 1.807) is 6.20 Å². The van der Waals surface area contributed by atoms with Crippen molar-refractivity contribution < 1.29 is 14.3 Å². The van der Waals surface area contributed by atoms with Crippen LogP contribution in [0.4, 0.5) is 10.1 Å². The van der Waals surface area contributed by atoms with E-state index in [2.05, 4.69) is 4.98 Å². The highest BCUT2D eigenvalue weighted by Crippen LogP contribution is 2.36. The SMILES string of the molecule is O=C(O)C1CN(Cc2cncc(F)c2)c2ccccc21. The van der Waals surface area contributed by atoms with Gasteiger partial charge in [0, 0.05) is 25.0 Å². The lowest BCUT2D eigenvalue weighted by atomic mass is 10.0. The van der Waals surface area contributed by atoms with Gasteiger partial charge in [0.05, 0.1) is 6.20 Å². The van der Waals surface area contributed by atoms with Crippen molar-refractivity contribution >= 4 is 11.7 Å². The summed E-state index contributed by atoms with van der Waals surface area (Å²) in [4.78, 5) is 17.1. The first-order valence-corrected chi connectivity index (χ1v) is 6.31. The lowest BCUT2D eigenvalue weighted by molar-refractivity contribution is -0.138. The van der Waals surface area contributed by atoms with Crippen LogP contribution in [-0.4, -0.2) is 22.6 Å². The minimum absolute atomic E-state index is 0.384. The first kappa shape index (κ1) is 12.6. The first-order chi connectivity index (χ1) is 9.65. The zero-order chi connectivity index (χ0) is 14.1. The monoisotopic (exact) mass is 272 g/mol. The number of hydrogen-bond acceptors (Lipinski definition) is 3. The van der Waals surface area contributed by atoms with Crippen LogP contribution in [-0.2, 0) is 11.3 Å². The van der Waals surface area contributed by atoms with Crippen molar-refractivity contribution in [3.8, 4) is 0 Å². The Morgan fingerprint density at radius 1 is 1.40 bits per heavy atom. The molecule has 1 unspecified atom stereocenters. The highest BCUT2D eigenvalue weighted by Gasteiger charge is 2.33. The van der Waals surface area contributed by atoms with E-state index in [1.807, 2.05) is 29.2 Å². The second-order valence-corrected chi connectivity index (χ2v) is 4.84. The zero-order valence-electron chi connectivity index (χ0n) is 10.7. The van der Waals surface area contributed by atoms with E-state index in [0.29, 0.717) is 13.1 Å². The Balaban J connectivity index is 1.90. The van der Waals surface area contributed by atoms with Crippen LogP contribution in [0.3, 0.4) is 0 Å². The third-order valence-electron chi connectivity index (χ3n) is 3.49. The number of aromatic nitrogens is 1. The normalized spacial score (nSPS) is 17.1. The minimum atomic E-state index is -0.836. The van der Waals surface area contributed by atoms with Crippen molar-refractivity contribution in [2.45, 2.75) is 12.5 Å². The topological polar surface area (TPSA) is 53.4 Å². The van der Waals surface area contributed by atoms with Crippen molar-refractivity contribution in [3.63, 3.8) is 0 Å². The summed E-state index contributed by atoms with van der Waals surface area (Å²) in [6.07, 6.45) is 2.75. The van der Waals surface area contributed by atoms with E-state index >= 15 is 0 Å². The predicted octanol–water partition coefficient (Wildman–Crippen LogP) is 2.41. The fourth-order valence-electron chi connectivity index (χ4n) is 2.61. The van der Waals surface area contributed by atoms with E-state index < -0.39 is 11.9 Å². The largest absolute Gasteiger partial charge is 0.481 e. The molecule has 0 spiro atoms. The Hall–Kier alpha value is -2.43. The Morgan fingerprint density at radius 2 is 2.20 bits per heavy atom. The minimum Gasteiger partial charge on any atom is -0.481 e. The van der Waals surface area contributed by atoms with Gasteiger partial charge >= 0.3 is 5.97 Å². The summed E-state index contributed by atoms with van der Waals surface area (Å²) in [5.41, 5.74) is 2.43. The van der Waals surface area contributed by atoms with Crippen LogP contribution in [0.2, 0.25) is 0 Å². The number of aliphatic carboxylic acids is 1. The number of anilines is 1. The van der Waals surface area contributed by atoms with E-state index in [4.69, 9.17) is 0 Å². The van der Waals surface area contributed by atoms with Gasteiger partial charge in [-0.2, -0.15) is 0 Å². The van der Waals surface area contributed by atoms with Crippen molar-refractivity contribution in [1.82, 2.24) is 4.98 Å². The third-order valence-corrected chi connectivity index (χ3v) is 3.49. The number of nitrogens with zero attached hydrogens (tertiary/aromatic N) is 2. The van der Waals surface area contributed by atoms with E-state index in [-0.39, 0.29) is 5.82 Å². The number of para-hydroxylation sites is 1. The Kier molecular flexibility index (Phi) is 3.10. The molecular weight excluding hydrogens is 259 g/mol. The highest BCUT2D eigenvalue weighted by molar-refractivity contribution is 5.82. The maximum Gasteiger partial charge on any atom is 0.312 e. The van der Waals surface area contributed by atoms with Gasteiger partial charge in [-0.3, -0.25) is 9.78 Å². The standard InChI is InChI=1S/C15H13FN2O2/c16-11-5-10(6-17-7-11)8-18-9-13(15(19)20)12-3-1-2-4-14(12)18/h1-7,13H,8-9H2,(H,19,20). The molecule has 1 aromatic heterocycles. The molecule has 3 rings (SSSR count). The Bertz CT molecular complexity index is 660. The summed E-state index contributed by atoms with van der Waals surface area (Å²) in [6, 6.07) is 8.86. The van der Waals surface area contributed by atoms with Crippen molar-refractivity contribution in [2.24, 2.45) is 0 Å². The molecule has 2 heterocycles. The lowest BCUT2D eigenvalue weighted by Gasteiger charge is -2.19. The van der Waals surface area contributed by atoms with Gasteiger partial charge in [0.1, 0.15) is 11.7 Å². The number of halogens is 1. The van der Waals surface area contributed by atoms with Crippen molar-refractivity contribution in [3.05, 3.63) is 59.7 Å². The number of hydrogen-bond donors (Lipinski definition) is 1. The fraction of sp³-hybridized carbons (Fsp3) is 0.200. The van der Waals surface area contributed by atoms with E-state index in [9.17, 15) is 14.3 Å². The molecule has 0 aliphatic carbocycles. The Morgan fingerprint density at radius 3 is 2.95 bits per heavy atom. The molecule has 0 saturated carbocycles. The van der Waals surface area contributed by atoms with Crippen molar-refractivity contribution in [1.29, 1.82) is 0 Å². The molecule has 0 amide bonds. The quantitative estimate of drug-likeness (QED) is 0.932. The van der Waals surface area contributed by atoms with Gasteiger partial charge < -0.3 is 10.0 Å². The molecule has 0 bridgehead atoms. The second-order valence-electron chi connectivity index (χ2n) is 4.84. The average Bonchev–Trinajstić information content (AvgIpc) is 2.78. The van der Waals surface area contributed by atoms with E-state index in [1.165, 1.54) is 6.07 Å². The summed E-state index contributed by atoms with van der Waals surface area (Å²) >= 11 is 0. The number of benzene rings is 1. The maximum atomic E-state index is 13.2. The fourth-order valence-corrected chi connectivity index (χ4v) is 2.61. The molecule has 1 aliphatic heterocycles. The number of carboxylic acid groups (broad SMARTS) is 1. The van der Waals surface area contributed by atoms with Crippen LogP contribution >= 0.6 is 0 Å². The van der Waals surface area contributed by atoms with Crippen LogP contribution in [0.25, 0.3) is 0 Å². The van der Waals surface area contributed by atoms with Crippen molar-refractivity contribution in [2.75, 3.05) is 11.4 Å². The smallest absolute Gasteiger partial charge is 0.312 e. The number of carbonyl (C=O) groups is 1. The van der Waals surface area contributed by atoms with Gasteiger partial charge in [0.15, 0.2) is 0 Å². The number of carboxylic acids is 1. The molecule has 102 valence electrons. The van der Waals surface area contributed by atoms with Gasteiger partial charge in [0.25, 0.3) is 0 Å². The van der Waals surface area contributed by atoms with Crippen LogP contribution in [0.1, 0.15) is 17.0 Å². The molecule has 5 heteroatoms. The molecule has 0 saturated heterocycles. The number of fused-ring (bicyclic) bond motifs is 1. The van der Waals surface area contributed by atoms with Crippen LogP contribution in [0, 0.1) is 5.82 Å². The molecule has 2 aromatic rings. The number of rotatable bonds is 3. The first-order valence-electron chi connectivity index (χ1n) is 6.31. The van der Waals surface area contributed by atoms with Crippen LogP contribution in [0.5, 0.6) is 0 Å². The Labute approximate surface area is 115 Å². The van der Waals surface area contributed by atoms with Gasteiger partial charge in [-0.05, 0) is 23.3 Å². The molecule has 0 fully saturated rings. The molecule has 1 aromatic carbocycles. The zero-order valence-corrected chi connectivity index (χ0v) is 10.7. The summed E-state index contributed by atoms with van der Waals surface area (Å²) in [6.45, 7) is 0.844. The lowest BCUT2D eigenvalue weighted by Crippen LogP contribution is -2.24. The molecular formula is C15H13FN2O2. The van der Waals surface area contributed by atoms with E-state index in [0.717, 1.165) is 23.0 Å². The summed E-state index contributed by atoms with van der Waals surface area (Å²) in [7, 11) is 0. The number of pyridine rings is 1. The van der Waals surface area contributed by atoms with Gasteiger partial charge in [0.2, 0.25) is 0 Å². The molecule has 4 nitrogen and oxygen atoms in total. The molecule has 0 radical (unpaired) electrons. The predicted molar refractivity (Wildman–Crippen MR) is 72.1 cm³/mol. The molecule has 1 atom stereocenters. The molecule has 20 heavy (non-hydrogen) atoms. The van der Waals surface area contributed by atoms with Gasteiger partial charge in [-0.25, -0.2) is 4.39 Å². The second kappa shape index (κ2) is 4.92. The highest BCUT2D eigenvalue weighted by atomic mass is 19.1. The van der Waals surface area contributed by atoms with Gasteiger partial charge in [-0.1, -0.05) is 18.2 Å². The van der Waals surface area contributed by atoms with Crippen LogP contribution in [0.15, 0.2) is 42.7 Å².